The zero-order valence-corrected chi connectivity index (χ0v) is 11.2. The van der Waals surface area contributed by atoms with Gasteiger partial charge in [0.05, 0.1) is 0 Å². The smallest absolute Gasteiger partial charge is 0.0456 e. The lowest BCUT2D eigenvalue weighted by atomic mass is 10.1. The number of nitrogens with two attached hydrogens (primary N) is 1. The average molecular weight is 243 g/mol. The number of thioether (sulfide) groups is 1. The van der Waals surface area contributed by atoms with E-state index in [0.717, 1.165) is 6.42 Å². The van der Waals surface area contributed by atoms with Gasteiger partial charge in [0, 0.05) is 11.3 Å². The largest absolute Gasteiger partial charge is 0.326 e. The van der Waals surface area contributed by atoms with Crippen LogP contribution < -0.4 is 5.73 Å². The summed E-state index contributed by atoms with van der Waals surface area (Å²) in [7, 11) is 0. The van der Waals surface area contributed by atoms with Crippen molar-refractivity contribution in [2.75, 3.05) is 5.75 Å². The van der Waals surface area contributed by atoms with E-state index >= 15 is 0 Å². The molecule has 0 fully saturated rings. The lowest BCUT2D eigenvalue weighted by molar-refractivity contribution is 0.634. The molecule has 0 spiro atoms. The van der Waals surface area contributed by atoms with Crippen molar-refractivity contribution in [3.63, 3.8) is 0 Å². The van der Waals surface area contributed by atoms with Crippen molar-refractivity contribution in [3.05, 3.63) is 22.4 Å². The van der Waals surface area contributed by atoms with Crippen LogP contribution in [0.25, 0.3) is 0 Å². The second-order valence-corrected chi connectivity index (χ2v) is 5.80. The van der Waals surface area contributed by atoms with Gasteiger partial charge in [-0.1, -0.05) is 20.3 Å². The van der Waals surface area contributed by atoms with Crippen molar-refractivity contribution in [3.8, 4) is 0 Å². The van der Waals surface area contributed by atoms with Gasteiger partial charge in [-0.25, -0.2) is 0 Å². The molecule has 1 nitrogen and oxygen atoms in total. The molecule has 1 aromatic rings. The average Bonchev–Trinajstić information content (AvgIpc) is 2.77. The second-order valence-electron chi connectivity index (χ2n) is 3.77. The fraction of sp³-hybridized carbons (Fsp3) is 0.667. The molecule has 2 atom stereocenters. The van der Waals surface area contributed by atoms with E-state index in [0.29, 0.717) is 11.3 Å². The van der Waals surface area contributed by atoms with E-state index in [4.69, 9.17) is 5.73 Å². The van der Waals surface area contributed by atoms with Crippen LogP contribution in [-0.4, -0.2) is 11.8 Å². The summed E-state index contributed by atoms with van der Waals surface area (Å²) in [6, 6.07) is 2.51. The maximum Gasteiger partial charge on any atom is 0.0456 e. The Balaban J connectivity index is 2.54. The third-order valence-electron chi connectivity index (χ3n) is 2.53. The van der Waals surface area contributed by atoms with E-state index in [1.54, 1.807) is 11.3 Å². The first-order chi connectivity index (χ1) is 7.29. The number of unbranched alkanes of at least 4 members (excludes halogenated alkanes) is 1. The van der Waals surface area contributed by atoms with Gasteiger partial charge in [-0.05, 0) is 41.0 Å². The molecular weight excluding hydrogens is 222 g/mol. The van der Waals surface area contributed by atoms with Crippen LogP contribution in [0.2, 0.25) is 0 Å². The highest BCUT2D eigenvalue weighted by molar-refractivity contribution is 7.99. The van der Waals surface area contributed by atoms with E-state index < -0.39 is 0 Å². The molecule has 0 aromatic carbocycles. The Bertz CT molecular complexity index is 246. The quantitative estimate of drug-likeness (QED) is 0.731. The Morgan fingerprint density at radius 1 is 1.47 bits per heavy atom. The first-order valence-corrected chi connectivity index (χ1v) is 7.68. The van der Waals surface area contributed by atoms with Crippen LogP contribution in [0, 0.1) is 0 Å². The van der Waals surface area contributed by atoms with Crippen molar-refractivity contribution in [2.45, 2.75) is 44.4 Å². The van der Waals surface area contributed by atoms with Crippen LogP contribution in [0.4, 0.5) is 0 Å². The van der Waals surface area contributed by atoms with Gasteiger partial charge < -0.3 is 5.73 Å². The van der Waals surface area contributed by atoms with Crippen molar-refractivity contribution < 1.29 is 0 Å². The summed E-state index contributed by atoms with van der Waals surface area (Å²) in [5, 5.41) is 4.87. The normalized spacial score (nSPS) is 15.1. The minimum absolute atomic E-state index is 0.293. The van der Waals surface area contributed by atoms with Crippen LogP contribution in [0.1, 0.15) is 43.9 Å². The molecular formula is C12H21NS2. The summed E-state index contributed by atoms with van der Waals surface area (Å²) in [6.45, 7) is 4.41. The Hall–Kier alpha value is 0.01000. The van der Waals surface area contributed by atoms with E-state index in [-0.39, 0.29) is 0 Å². The van der Waals surface area contributed by atoms with Gasteiger partial charge in [0.25, 0.3) is 0 Å². The maximum atomic E-state index is 6.17. The third-order valence-corrected chi connectivity index (χ3v) is 4.73. The zero-order valence-electron chi connectivity index (χ0n) is 9.61. The number of hydrogen-bond donors (Lipinski definition) is 1. The number of rotatable bonds is 7. The standard InChI is InChI=1S/C12H21NS2/c1-3-5-7-15-12(11(13)4-2)10-6-8-14-9-10/h6,8-9,11-12H,3-5,7,13H2,1-2H3. The molecule has 0 aliphatic heterocycles. The molecule has 0 radical (unpaired) electrons. The van der Waals surface area contributed by atoms with Crippen LogP contribution in [0.3, 0.4) is 0 Å². The van der Waals surface area contributed by atoms with E-state index in [2.05, 4.69) is 30.7 Å². The van der Waals surface area contributed by atoms with Gasteiger partial charge in [0.2, 0.25) is 0 Å². The molecule has 1 heterocycles. The molecule has 0 bridgehead atoms. The Morgan fingerprint density at radius 3 is 2.80 bits per heavy atom. The number of thiophene rings is 1. The summed E-state index contributed by atoms with van der Waals surface area (Å²) in [4.78, 5) is 0. The first-order valence-electron chi connectivity index (χ1n) is 5.68. The summed E-state index contributed by atoms with van der Waals surface area (Å²) in [5.41, 5.74) is 7.59. The van der Waals surface area contributed by atoms with Gasteiger partial charge in [0.1, 0.15) is 0 Å². The SMILES string of the molecule is CCCCSC(c1ccsc1)C(N)CC. The van der Waals surface area contributed by atoms with Crippen molar-refractivity contribution in [2.24, 2.45) is 5.73 Å². The van der Waals surface area contributed by atoms with Gasteiger partial charge >= 0.3 is 0 Å². The monoisotopic (exact) mass is 243 g/mol. The predicted molar refractivity (Wildman–Crippen MR) is 72.7 cm³/mol. The summed E-state index contributed by atoms with van der Waals surface area (Å²) < 4.78 is 0. The lowest BCUT2D eigenvalue weighted by Crippen LogP contribution is -2.25. The Labute approximate surface area is 101 Å². The highest BCUT2D eigenvalue weighted by atomic mass is 32.2. The molecule has 15 heavy (non-hydrogen) atoms. The molecule has 86 valence electrons. The molecule has 3 heteroatoms. The molecule has 1 rings (SSSR count). The maximum absolute atomic E-state index is 6.17. The van der Waals surface area contributed by atoms with E-state index in [1.807, 2.05) is 11.8 Å². The summed E-state index contributed by atoms with van der Waals surface area (Å²) in [6.07, 6.45) is 3.62. The molecule has 2 unspecified atom stereocenters. The Kier molecular flexibility index (Phi) is 6.37. The fourth-order valence-corrected chi connectivity index (χ4v) is 3.74. The van der Waals surface area contributed by atoms with Gasteiger partial charge in [-0.3, -0.25) is 0 Å². The minimum Gasteiger partial charge on any atom is -0.326 e. The molecule has 0 aliphatic rings. The predicted octanol–water partition coefficient (Wildman–Crippen LogP) is 4.06. The summed E-state index contributed by atoms with van der Waals surface area (Å²) >= 11 is 3.78. The summed E-state index contributed by atoms with van der Waals surface area (Å²) in [5.74, 6) is 1.23. The van der Waals surface area contributed by atoms with Gasteiger partial charge in [-0.15, -0.1) is 0 Å². The molecule has 0 amide bonds. The molecule has 1 aromatic heterocycles. The molecule has 0 saturated carbocycles. The van der Waals surface area contributed by atoms with Gasteiger partial charge in [-0.2, -0.15) is 23.1 Å². The van der Waals surface area contributed by atoms with E-state index in [1.165, 1.54) is 24.2 Å². The van der Waals surface area contributed by atoms with Crippen LogP contribution in [0.5, 0.6) is 0 Å². The molecule has 0 saturated heterocycles. The topological polar surface area (TPSA) is 26.0 Å². The van der Waals surface area contributed by atoms with Crippen molar-refractivity contribution in [1.29, 1.82) is 0 Å². The minimum atomic E-state index is 0.293. The molecule has 2 N–H and O–H groups in total. The van der Waals surface area contributed by atoms with Gasteiger partial charge in [0.15, 0.2) is 0 Å². The van der Waals surface area contributed by atoms with Crippen molar-refractivity contribution >= 4 is 23.1 Å². The highest BCUT2D eigenvalue weighted by Crippen LogP contribution is 2.34. The molecule has 0 aliphatic carbocycles. The zero-order chi connectivity index (χ0) is 11.1. The third kappa shape index (κ3) is 4.17. The van der Waals surface area contributed by atoms with Crippen LogP contribution in [-0.2, 0) is 0 Å². The number of hydrogen-bond acceptors (Lipinski definition) is 3. The Morgan fingerprint density at radius 2 is 2.27 bits per heavy atom. The van der Waals surface area contributed by atoms with Crippen LogP contribution >= 0.6 is 23.1 Å². The lowest BCUT2D eigenvalue weighted by Gasteiger charge is -2.21. The highest BCUT2D eigenvalue weighted by Gasteiger charge is 2.18. The van der Waals surface area contributed by atoms with Crippen LogP contribution in [0.15, 0.2) is 16.8 Å². The van der Waals surface area contributed by atoms with Crippen molar-refractivity contribution in [1.82, 2.24) is 0 Å². The first kappa shape index (κ1) is 13.1. The van der Waals surface area contributed by atoms with E-state index in [9.17, 15) is 0 Å². The second kappa shape index (κ2) is 7.31. The fourth-order valence-electron chi connectivity index (χ4n) is 1.47.